The van der Waals surface area contributed by atoms with Crippen molar-refractivity contribution in [1.82, 2.24) is 0 Å². The smallest absolute Gasteiger partial charge is 0.152 e. The average Bonchev–Trinajstić information content (AvgIpc) is 2.39. The highest BCUT2D eigenvalue weighted by Crippen LogP contribution is 2.10. The molecule has 0 saturated heterocycles. The van der Waals surface area contributed by atoms with E-state index in [1.807, 2.05) is 17.5 Å². The summed E-state index contributed by atoms with van der Waals surface area (Å²) in [6.07, 6.45) is 1.72. The second-order valence-corrected chi connectivity index (χ2v) is 4.29. The molecule has 1 N–H and O–H groups in total. The molecular weight excluding hydrogens is 180 g/mol. The fourth-order valence-corrected chi connectivity index (χ4v) is 1.97. The van der Waals surface area contributed by atoms with Gasteiger partial charge in [0.25, 0.3) is 0 Å². The minimum atomic E-state index is -1.62. The van der Waals surface area contributed by atoms with E-state index >= 15 is 0 Å². The summed E-state index contributed by atoms with van der Waals surface area (Å²) >= 11 is 0.0716. The van der Waals surface area contributed by atoms with Crippen molar-refractivity contribution in [3.63, 3.8) is 0 Å². The molecule has 0 aliphatic heterocycles. The fraction of sp³-hybridized carbons (Fsp3) is 0.429. The van der Waals surface area contributed by atoms with E-state index < -0.39 is 11.1 Å². The van der Waals surface area contributed by atoms with Crippen LogP contribution in [0.5, 0.6) is 0 Å². The van der Waals surface area contributed by atoms with Crippen LogP contribution in [0.3, 0.4) is 0 Å². The second-order valence-electron chi connectivity index (χ2n) is 2.21. The van der Waals surface area contributed by atoms with Crippen LogP contribution in [0.15, 0.2) is 17.5 Å². The van der Waals surface area contributed by atoms with Crippen LogP contribution in [0.2, 0.25) is 0 Å². The Bertz CT molecular complexity index is 218. The van der Waals surface area contributed by atoms with Gasteiger partial charge in [0.15, 0.2) is 11.1 Å². The van der Waals surface area contributed by atoms with Gasteiger partial charge in [-0.05, 0) is 24.3 Å². The van der Waals surface area contributed by atoms with Gasteiger partial charge in [0.2, 0.25) is 0 Å². The normalized spacial score (nSPS) is 13.2. The molecule has 0 radical (unpaired) electrons. The highest BCUT2D eigenvalue weighted by Gasteiger charge is 1.96. The van der Waals surface area contributed by atoms with Gasteiger partial charge in [-0.1, -0.05) is 6.07 Å². The van der Waals surface area contributed by atoms with Crippen molar-refractivity contribution in [3.05, 3.63) is 22.4 Å². The maximum atomic E-state index is 10.2. The quantitative estimate of drug-likeness (QED) is 0.736. The van der Waals surface area contributed by atoms with Gasteiger partial charge in [-0.2, -0.15) is 0 Å². The monoisotopic (exact) mass is 190 g/mol. The van der Waals surface area contributed by atoms with Gasteiger partial charge in [0, 0.05) is 10.6 Å². The van der Waals surface area contributed by atoms with Gasteiger partial charge in [-0.25, -0.2) is 4.21 Å². The van der Waals surface area contributed by atoms with E-state index in [1.54, 1.807) is 11.3 Å². The third-order valence-electron chi connectivity index (χ3n) is 1.32. The van der Waals surface area contributed by atoms with E-state index in [2.05, 4.69) is 0 Å². The highest BCUT2D eigenvalue weighted by atomic mass is 32.2. The van der Waals surface area contributed by atoms with Crippen molar-refractivity contribution in [3.8, 4) is 0 Å². The molecule has 1 aromatic rings. The molecule has 0 saturated carbocycles. The molecule has 4 heteroatoms. The van der Waals surface area contributed by atoms with Crippen LogP contribution in [-0.4, -0.2) is 14.5 Å². The summed E-state index contributed by atoms with van der Waals surface area (Å²) in [5.74, 6) is 0.387. The van der Waals surface area contributed by atoms with Gasteiger partial charge >= 0.3 is 0 Å². The van der Waals surface area contributed by atoms with Crippen LogP contribution in [0.25, 0.3) is 0 Å². The molecule has 0 amide bonds. The maximum absolute atomic E-state index is 10.2. The van der Waals surface area contributed by atoms with E-state index in [1.165, 1.54) is 4.88 Å². The van der Waals surface area contributed by atoms with Crippen molar-refractivity contribution >= 4 is 22.4 Å². The lowest BCUT2D eigenvalue weighted by molar-refractivity contribution is 0.562. The molecule has 0 aromatic carbocycles. The van der Waals surface area contributed by atoms with E-state index in [-0.39, 0.29) is 0 Å². The fourth-order valence-electron chi connectivity index (χ4n) is 0.825. The van der Waals surface area contributed by atoms with E-state index in [0.717, 1.165) is 12.8 Å². The molecule has 0 aliphatic carbocycles. The molecule has 1 heterocycles. The van der Waals surface area contributed by atoms with Crippen LogP contribution in [0.4, 0.5) is 0 Å². The summed E-state index contributed by atoms with van der Waals surface area (Å²) in [7, 11) is 0. The maximum Gasteiger partial charge on any atom is 0.152 e. The summed E-state index contributed by atoms with van der Waals surface area (Å²) < 4.78 is 18.7. The first-order valence-electron chi connectivity index (χ1n) is 3.39. The van der Waals surface area contributed by atoms with Crippen LogP contribution >= 0.6 is 11.3 Å². The Labute approximate surface area is 72.5 Å². The molecule has 62 valence electrons. The van der Waals surface area contributed by atoms with E-state index in [4.69, 9.17) is 4.55 Å². The number of hydrogen-bond acceptors (Lipinski definition) is 2. The zero-order chi connectivity index (χ0) is 8.10. The van der Waals surface area contributed by atoms with Gasteiger partial charge in [0.05, 0.1) is 0 Å². The summed E-state index contributed by atoms with van der Waals surface area (Å²) in [5.41, 5.74) is 0. The van der Waals surface area contributed by atoms with Crippen LogP contribution in [0.1, 0.15) is 11.3 Å². The molecule has 1 rings (SSSR count). The Morgan fingerprint density at radius 2 is 2.45 bits per heavy atom. The standard InChI is InChI=1S/C7H10O2S2/c8-11(9)6-2-4-7-3-1-5-10-7/h1,3,5H,2,4,6H2,(H,8,9). The predicted molar refractivity (Wildman–Crippen MR) is 48.3 cm³/mol. The largest absolute Gasteiger partial charge is 0.306 e. The molecule has 1 aromatic heterocycles. The lowest BCUT2D eigenvalue weighted by Crippen LogP contribution is -1.95. The molecule has 1 atom stereocenters. The molecule has 2 nitrogen and oxygen atoms in total. The summed E-state index contributed by atoms with van der Waals surface area (Å²) in [6.45, 7) is 0. The molecule has 0 bridgehead atoms. The van der Waals surface area contributed by atoms with Crippen LogP contribution < -0.4 is 0 Å². The number of hydrogen-bond donors (Lipinski definition) is 1. The van der Waals surface area contributed by atoms with Crippen molar-refractivity contribution in [1.29, 1.82) is 0 Å². The Morgan fingerprint density at radius 1 is 1.64 bits per heavy atom. The Kier molecular flexibility index (Phi) is 3.76. The SMILES string of the molecule is O=S(O)CCCc1cccs1. The van der Waals surface area contributed by atoms with Gasteiger partial charge in [0.1, 0.15) is 0 Å². The van der Waals surface area contributed by atoms with Gasteiger partial charge < -0.3 is 4.55 Å². The van der Waals surface area contributed by atoms with Crippen molar-refractivity contribution < 1.29 is 8.76 Å². The summed E-state index contributed by atoms with van der Waals surface area (Å²) in [5, 5.41) is 2.02. The lowest BCUT2D eigenvalue weighted by Gasteiger charge is -1.93. The van der Waals surface area contributed by atoms with Crippen molar-refractivity contribution in [2.45, 2.75) is 12.8 Å². The lowest BCUT2D eigenvalue weighted by atomic mass is 10.3. The molecule has 1 unspecified atom stereocenters. The molecule has 0 fully saturated rings. The number of aryl methyl sites for hydroxylation is 1. The first-order chi connectivity index (χ1) is 5.29. The molecular formula is C7H10O2S2. The van der Waals surface area contributed by atoms with E-state index in [0.29, 0.717) is 5.75 Å². The molecule has 0 spiro atoms. The first kappa shape index (κ1) is 8.90. The van der Waals surface area contributed by atoms with Crippen molar-refractivity contribution in [2.24, 2.45) is 0 Å². The topological polar surface area (TPSA) is 37.3 Å². The Hall–Kier alpha value is -0.190. The first-order valence-corrected chi connectivity index (χ1v) is 5.54. The van der Waals surface area contributed by atoms with E-state index in [9.17, 15) is 4.21 Å². The zero-order valence-electron chi connectivity index (χ0n) is 6.03. The highest BCUT2D eigenvalue weighted by molar-refractivity contribution is 7.79. The number of thiophene rings is 1. The third kappa shape index (κ3) is 3.65. The van der Waals surface area contributed by atoms with Gasteiger partial charge in [-0.3, -0.25) is 0 Å². The molecule has 11 heavy (non-hydrogen) atoms. The minimum Gasteiger partial charge on any atom is -0.306 e. The molecule has 0 aliphatic rings. The summed E-state index contributed by atoms with van der Waals surface area (Å²) in [6, 6.07) is 4.04. The van der Waals surface area contributed by atoms with Crippen LogP contribution in [0, 0.1) is 0 Å². The van der Waals surface area contributed by atoms with Crippen molar-refractivity contribution in [2.75, 3.05) is 5.75 Å². The third-order valence-corrected chi connectivity index (χ3v) is 2.90. The Morgan fingerprint density at radius 3 is 3.00 bits per heavy atom. The second kappa shape index (κ2) is 4.64. The summed E-state index contributed by atoms with van der Waals surface area (Å²) in [4.78, 5) is 1.29. The zero-order valence-corrected chi connectivity index (χ0v) is 7.66. The van der Waals surface area contributed by atoms with Crippen LogP contribution in [-0.2, 0) is 17.5 Å². The van der Waals surface area contributed by atoms with Gasteiger partial charge in [-0.15, -0.1) is 11.3 Å². The Balaban J connectivity index is 2.19. The average molecular weight is 190 g/mol. The predicted octanol–water partition coefficient (Wildman–Crippen LogP) is 1.90. The minimum absolute atomic E-state index is 0.387. The number of rotatable bonds is 4.